The van der Waals surface area contributed by atoms with Gasteiger partial charge in [0.05, 0.1) is 13.7 Å². The molecule has 0 heterocycles. The van der Waals surface area contributed by atoms with E-state index in [1.54, 1.807) is 7.11 Å². The van der Waals surface area contributed by atoms with Crippen LogP contribution in [0.2, 0.25) is 0 Å². The third-order valence-electron chi connectivity index (χ3n) is 2.93. The van der Waals surface area contributed by atoms with Gasteiger partial charge in [-0.05, 0) is 36.1 Å². The number of hydrogen-bond acceptors (Lipinski definition) is 3. The lowest BCUT2D eigenvalue weighted by molar-refractivity contribution is -0.106. The molecule has 0 amide bonds. The zero-order chi connectivity index (χ0) is 13.0. The minimum atomic E-state index is 0.397. The van der Waals surface area contributed by atoms with E-state index in [2.05, 4.69) is 19.9 Å². The first kappa shape index (κ1) is 13.6. The highest BCUT2D eigenvalue weighted by Gasteiger charge is 2.13. The Morgan fingerprint density at radius 2 is 2.06 bits per heavy atom. The van der Waals surface area contributed by atoms with E-state index in [0.717, 1.165) is 23.3 Å². The molecule has 0 N–H and O–H groups in total. The van der Waals surface area contributed by atoms with E-state index >= 15 is 0 Å². The fraction of sp³-hybridized carbons (Fsp3) is 0.500. The van der Waals surface area contributed by atoms with E-state index in [1.807, 2.05) is 24.9 Å². The SMILES string of the molecule is COc1cc(C)c(N(C)CC=O)cc1C(C)C. The van der Waals surface area contributed by atoms with Gasteiger partial charge in [-0.15, -0.1) is 0 Å². The van der Waals surface area contributed by atoms with Crippen molar-refractivity contribution >= 4 is 12.0 Å². The van der Waals surface area contributed by atoms with E-state index in [1.165, 1.54) is 5.56 Å². The number of nitrogens with zero attached hydrogens (tertiary/aromatic N) is 1. The normalized spacial score (nSPS) is 10.5. The number of rotatable bonds is 5. The average molecular weight is 235 g/mol. The number of methoxy groups -OCH3 is 1. The Hall–Kier alpha value is -1.51. The lowest BCUT2D eigenvalue weighted by Crippen LogP contribution is -2.20. The fourth-order valence-electron chi connectivity index (χ4n) is 1.94. The van der Waals surface area contributed by atoms with Crippen LogP contribution in [0.4, 0.5) is 5.69 Å². The Balaban J connectivity index is 3.23. The molecule has 0 saturated carbocycles. The third-order valence-corrected chi connectivity index (χ3v) is 2.93. The molecule has 17 heavy (non-hydrogen) atoms. The van der Waals surface area contributed by atoms with Gasteiger partial charge in [-0.25, -0.2) is 0 Å². The summed E-state index contributed by atoms with van der Waals surface area (Å²) in [6.07, 6.45) is 0.915. The van der Waals surface area contributed by atoms with E-state index in [0.29, 0.717) is 12.5 Å². The summed E-state index contributed by atoms with van der Waals surface area (Å²) >= 11 is 0. The molecule has 0 atom stereocenters. The fourth-order valence-corrected chi connectivity index (χ4v) is 1.94. The van der Waals surface area contributed by atoms with E-state index < -0.39 is 0 Å². The predicted octanol–water partition coefficient (Wildman–Crippen LogP) is 2.76. The average Bonchev–Trinajstić information content (AvgIpc) is 2.28. The van der Waals surface area contributed by atoms with Gasteiger partial charge in [0.15, 0.2) is 0 Å². The van der Waals surface area contributed by atoms with E-state index in [9.17, 15) is 4.79 Å². The summed E-state index contributed by atoms with van der Waals surface area (Å²) in [6, 6.07) is 4.15. The number of hydrogen-bond donors (Lipinski definition) is 0. The molecule has 0 radical (unpaired) electrons. The maximum atomic E-state index is 10.6. The highest BCUT2D eigenvalue weighted by molar-refractivity contribution is 5.65. The molecule has 0 unspecified atom stereocenters. The van der Waals surface area contributed by atoms with Crippen LogP contribution in [0, 0.1) is 6.92 Å². The number of anilines is 1. The summed E-state index contributed by atoms with van der Waals surface area (Å²) in [5.41, 5.74) is 3.38. The molecular weight excluding hydrogens is 214 g/mol. The van der Waals surface area contributed by atoms with Gasteiger partial charge in [-0.1, -0.05) is 13.8 Å². The summed E-state index contributed by atoms with van der Waals surface area (Å²) in [7, 11) is 3.61. The maximum absolute atomic E-state index is 10.6. The number of aldehydes is 1. The van der Waals surface area contributed by atoms with Gasteiger partial charge in [-0.2, -0.15) is 0 Å². The first-order valence-electron chi connectivity index (χ1n) is 5.84. The Morgan fingerprint density at radius 3 is 2.53 bits per heavy atom. The van der Waals surface area contributed by atoms with Gasteiger partial charge in [0, 0.05) is 12.7 Å². The molecule has 1 rings (SSSR count). The van der Waals surface area contributed by atoms with Gasteiger partial charge in [0.1, 0.15) is 12.0 Å². The second-order valence-corrected chi connectivity index (χ2v) is 4.58. The summed E-state index contributed by atoms with van der Waals surface area (Å²) in [5.74, 6) is 1.31. The molecule has 0 aliphatic heterocycles. The van der Waals surface area contributed by atoms with Crippen molar-refractivity contribution in [3.8, 4) is 5.75 Å². The highest BCUT2D eigenvalue weighted by Crippen LogP contribution is 2.33. The van der Waals surface area contributed by atoms with Crippen molar-refractivity contribution in [1.82, 2.24) is 0 Å². The summed E-state index contributed by atoms with van der Waals surface area (Å²) in [4.78, 5) is 12.5. The van der Waals surface area contributed by atoms with Crippen molar-refractivity contribution in [1.29, 1.82) is 0 Å². The minimum Gasteiger partial charge on any atom is -0.496 e. The van der Waals surface area contributed by atoms with Gasteiger partial charge < -0.3 is 14.4 Å². The van der Waals surface area contributed by atoms with Gasteiger partial charge >= 0.3 is 0 Å². The van der Waals surface area contributed by atoms with Crippen molar-refractivity contribution in [2.45, 2.75) is 26.7 Å². The molecule has 0 spiro atoms. The Labute approximate surface area is 103 Å². The van der Waals surface area contributed by atoms with Crippen molar-refractivity contribution < 1.29 is 9.53 Å². The molecular formula is C14H21NO2. The largest absolute Gasteiger partial charge is 0.496 e. The van der Waals surface area contributed by atoms with Crippen molar-refractivity contribution in [2.75, 3.05) is 25.6 Å². The lowest BCUT2D eigenvalue weighted by Gasteiger charge is -2.22. The monoisotopic (exact) mass is 235 g/mol. The molecule has 0 aliphatic rings. The van der Waals surface area contributed by atoms with Crippen LogP contribution >= 0.6 is 0 Å². The first-order chi connectivity index (χ1) is 8.01. The second-order valence-electron chi connectivity index (χ2n) is 4.58. The molecule has 0 bridgehead atoms. The molecule has 0 aliphatic carbocycles. The topological polar surface area (TPSA) is 29.5 Å². The maximum Gasteiger partial charge on any atom is 0.139 e. The minimum absolute atomic E-state index is 0.397. The van der Waals surface area contributed by atoms with E-state index in [-0.39, 0.29) is 0 Å². The van der Waals surface area contributed by atoms with Crippen molar-refractivity contribution in [2.24, 2.45) is 0 Å². The van der Waals surface area contributed by atoms with Gasteiger partial charge in [-0.3, -0.25) is 0 Å². The standard InChI is InChI=1S/C14H21NO2/c1-10(2)12-9-13(15(4)6-7-16)11(3)8-14(12)17-5/h7-10H,6H2,1-5H3. The zero-order valence-electron chi connectivity index (χ0n) is 11.3. The molecule has 1 aromatic rings. The van der Waals surface area contributed by atoms with Crippen LogP contribution in [0.15, 0.2) is 12.1 Å². The van der Waals surface area contributed by atoms with Crippen LogP contribution < -0.4 is 9.64 Å². The van der Waals surface area contributed by atoms with Gasteiger partial charge in [0.2, 0.25) is 0 Å². The van der Waals surface area contributed by atoms with Crippen molar-refractivity contribution in [3.63, 3.8) is 0 Å². The number of carbonyl (C=O) groups excluding carboxylic acids is 1. The third kappa shape index (κ3) is 2.99. The molecule has 1 aromatic carbocycles. The molecule has 0 saturated heterocycles. The van der Waals surface area contributed by atoms with Crippen LogP contribution in [0.1, 0.15) is 30.9 Å². The number of aryl methyl sites for hydroxylation is 1. The van der Waals surface area contributed by atoms with Crippen LogP contribution in [0.5, 0.6) is 5.75 Å². The predicted molar refractivity (Wildman–Crippen MR) is 71.2 cm³/mol. The Bertz CT molecular complexity index is 399. The summed E-state index contributed by atoms with van der Waals surface area (Å²) in [6.45, 7) is 6.71. The Morgan fingerprint density at radius 1 is 1.41 bits per heavy atom. The van der Waals surface area contributed by atoms with Crippen LogP contribution in [0.25, 0.3) is 0 Å². The summed E-state index contributed by atoms with van der Waals surface area (Å²) < 4.78 is 5.39. The smallest absolute Gasteiger partial charge is 0.139 e. The Kier molecular flexibility index (Phi) is 4.55. The second kappa shape index (κ2) is 5.71. The number of benzene rings is 1. The van der Waals surface area contributed by atoms with Crippen LogP contribution in [-0.4, -0.2) is 27.0 Å². The molecule has 0 aromatic heterocycles. The van der Waals surface area contributed by atoms with Gasteiger partial charge in [0.25, 0.3) is 0 Å². The first-order valence-corrected chi connectivity index (χ1v) is 5.84. The number of ether oxygens (including phenoxy) is 1. The number of likely N-dealkylation sites (N-methyl/N-ethyl adjacent to an activating group) is 1. The molecule has 3 nitrogen and oxygen atoms in total. The number of carbonyl (C=O) groups is 1. The van der Waals surface area contributed by atoms with Crippen LogP contribution in [0.3, 0.4) is 0 Å². The highest BCUT2D eigenvalue weighted by atomic mass is 16.5. The summed E-state index contributed by atoms with van der Waals surface area (Å²) in [5, 5.41) is 0. The van der Waals surface area contributed by atoms with E-state index in [4.69, 9.17) is 4.74 Å². The molecule has 3 heteroatoms. The quantitative estimate of drug-likeness (QED) is 0.735. The molecule has 0 fully saturated rings. The molecule has 94 valence electrons. The van der Waals surface area contributed by atoms with Crippen LogP contribution in [-0.2, 0) is 4.79 Å². The zero-order valence-corrected chi connectivity index (χ0v) is 11.3. The van der Waals surface area contributed by atoms with Crippen molar-refractivity contribution in [3.05, 3.63) is 23.3 Å². The lowest BCUT2D eigenvalue weighted by atomic mass is 9.98.